The lowest BCUT2D eigenvalue weighted by Gasteiger charge is -2.38. The van der Waals surface area contributed by atoms with E-state index in [-0.39, 0.29) is 0 Å². The average Bonchev–Trinajstić information content (AvgIpc) is 2.46. The molecule has 0 bridgehead atoms. The van der Waals surface area contributed by atoms with Crippen LogP contribution in [0.4, 0.5) is 0 Å². The maximum atomic E-state index is 3.86. The summed E-state index contributed by atoms with van der Waals surface area (Å²) in [4.78, 5) is 0. The second-order valence-electron chi connectivity index (χ2n) is 8.01. The van der Waals surface area contributed by atoms with Gasteiger partial charge in [-0.05, 0) is 62.3 Å². The van der Waals surface area contributed by atoms with Crippen molar-refractivity contribution in [2.75, 3.05) is 0 Å². The Bertz CT molecular complexity index is 396. The van der Waals surface area contributed by atoms with Crippen molar-refractivity contribution in [1.29, 1.82) is 0 Å². The van der Waals surface area contributed by atoms with E-state index in [0.29, 0.717) is 11.5 Å². The Morgan fingerprint density at radius 3 is 2.24 bits per heavy atom. The standard InChI is InChI=1S/C20H33N/c1-16(10-11-17-8-6-5-7-9-17)21-19-14-12-18(13-15-19)20(2,3)4/h5-9,16,18-19,21H,10-15H2,1-4H3. The molecule has 1 aromatic carbocycles. The fourth-order valence-corrected chi connectivity index (χ4v) is 3.64. The monoisotopic (exact) mass is 287 g/mol. The summed E-state index contributed by atoms with van der Waals surface area (Å²) in [5.74, 6) is 0.912. The van der Waals surface area contributed by atoms with Crippen LogP contribution in [0.25, 0.3) is 0 Å². The van der Waals surface area contributed by atoms with Crippen LogP contribution in [-0.2, 0) is 6.42 Å². The number of hydrogen-bond acceptors (Lipinski definition) is 1. The number of hydrogen-bond donors (Lipinski definition) is 1. The fourth-order valence-electron chi connectivity index (χ4n) is 3.64. The summed E-state index contributed by atoms with van der Waals surface area (Å²) in [5.41, 5.74) is 1.95. The largest absolute Gasteiger partial charge is 0.311 e. The highest BCUT2D eigenvalue weighted by Crippen LogP contribution is 2.37. The van der Waals surface area contributed by atoms with Gasteiger partial charge in [-0.2, -0.15) is 0 Å². The van der Waals surface area contributed by atoms with E-state index >= 15 is 0 Å². The van der Waals surface area contributed by atoms with E-state index in [1.807, 2.05) is 0 Å². The molecular weight excluding hydrogens is 254 g/mol. The Kier molecular flexibility index (Phi) is 5.87. The molecule has 21 heavy (non-hydrogen) atoms. The Balaban J connectivity index is 1.68. The Morgan fingerprint density at radius 1 is 1.05 bits per heavy atom. The molecule has 0 amide bonds. The van der Waals surface area contributed by atoms with Crippen molar-refractivity contribution in [3.05, 3.63) is 35.9 Å². The first kappa shape index (κ1) is 16.5. The lowest BCUT2D eigenvalue weighted by Crippen LogP contribution is -2.40. The van der Waals surface area contributed by atoms with E-state index < -0.39 is 0 Å². The van der Waals surface area contributed by atoms with Gasteiger partial charge >= 0.3 is 0 Å². The van der Waals surface area contributed by atoms with E-state index in [1.165, 1.54) is 44.1 Å². The highest BCUT2D eigenvalue weighted by molar-refractivity contribution is 5.14. The van der Waals surface area contributed by atoms with E-state index in [0.717, 1.165) is 12.0 Å². The van der Waals surface area contributed by atoms with Crippen LogP contribution < -0.4 is 5.32 Å². The predicted molar refractivity (Wildman–Crippen MR) is 92.6 cm³/mol. The lowest BCUT2D eigenvalue weighted by atomic mass is 9.71. The van der Waals surface area contributed by atoms with E-state index in [2.05, 4.69) is 63.3 Å². The molecule has 1 heteroatoms. The maximum Gasteiger partial charge on any atom is 0.00697 e. The Morgan fingerprint density at radius 2 is 1.67 bits per heavy atom. The molecule has 1 nitrogen and oxygen atoms in total. The summed E-state index contributed by atoms with van der Waals surface area (Å²) >= 11 is 0. The van der Waals surface area contributed by atoms with Crippen LogP contribution in [0.15, 0.2) is 30.3 Å². The summed E-state index contributed by atoms with van der Waals surface area (Å²) in [6.07, 6.45) is 7.93. The third kappa shape index (κ3) is 5.47. The molecule has 0 aliphatic heterocycles. The molecule has 1 N–H and O–H groups in total. The Hall–Kier alpha value is -0.820. The van der Waals surface area contributed by atoms with Crippen LogP contribution in [0.5, 0.6) is 0 Å². The second-order valence-corrected chi connectivity index (χ2v) is 8.01. The molecule has 118 valence electrons. The fraction of sp³-hybridized carbons (Fsp3) is 0.700. The minimum absolute atomic E-state index is 0.490. The molecule has 1 aliphatic rings. The maximum absolute atomic E-state index is 3.86. The molecule has 0 saturated heterocycles. The molecule has 2 rings (SSSR count). The average molecular weight is 287 g/mol. The van der Waals surface area contributed by atoms with Gasteiger partial charge in [0.05, 0.1) is 0 Å². The van der Waals surface area contributed by atoms with Gasteiger partial charge in [0.25, 0.3) is 0 Å². The van der Waals surface area contributed by atoms with Gasteiger partial charge in [-0.25, -0.2) is 0 Å². The highest BCUT2D eigenvalue weighted by atomic mass is 14.9. The summed E-state index contributed by atoms with van der Waals surface area (Å²) in [6.45, 7) is 9.54. The molecule has 1 aliphatic carbocycles. The molecule has 0 aromatic heterocycles. The van der Waals surface area contributed by atoms with Crippen LogP contribution in [-0.4, -0.2) is 12.1 Å². The van der Waals surface area contributed by atoms with E-state index in [4.69, 9.17) is 0 Å². The first-order chi connectivity index (χ1) is 9.95. The zero-order valence-corrected chi connectivity index (χ0v) is 14.4. The molecule has 0 radical (unpaired) electrons. The van der Waals surface area contributed by atoms with E-state index in [1.54, 1.807) is 0 Å². The highest BCUT2D eigenvalue weighted by Gasteiger charge is 2.29. The topological polar surface area (TPSA) is 12.0 Å². The molecule has 1 saturated carbocycles. The summed E-state index contributed by atoms with van der Waals surface area (Å²) in [6, 6.07) is 12.2. The van der Waals surface area contributed by atoms with Gasteiger partial charge in [-0.1, -0.05) is 51.1 Å². The molecule has 1 fully saturated rings. The van der Waals surface area contributed by atoms with Crippen molar-refractivity contribution in [3.8, 4) is 0 Å². The zero-order valence-electron chi connectivity index (χ0n) is 14.4. The minimum atomic E-state index is 0.490. The molecular formula is C20H33N. The van der Waals surface area contributed by atoms with Crippen LogP contribution in [0.1, 0.15) is 65.4 Å². The van der Waals surface area contributed by atoms with Crippen LogP contribution in [0.2, 0.25) is 0 Å². The number of aryl methyl sites for hydroxylation is 1. The van der Waals surface area contributed by atoms with Gasteiger partial charge in [-0.3, -0.25) is 0 Å². The molecule has 1 atom stereocenters. The van der Waals surface area contributed by atoms with E-state index in [9.17, 15) is 0 Å². The molecule has 1 aromatic rings. The first-order valence-electron chi connectivity index (χ1n) is 8.75. The van der Waals surface area contributed by atoms with Crippen molar-refractivity contribution in [2.24, 2.45) is 11.3 Å². The van der Waals surface area contributed by atoms with Crippen molar-refractivity contribution in [3.63, 3.8) is 0 Å². The van der Waals surface area contributed by atoms with Gasteiger partial charge in [0.2, 0.25) is 0 Å². The predicted octanol–water partition coefficient (Wildman–Crippen LogP) is 5.20. The number of nitrogens with one attached hydrogen (secondary N) is 1. The number of rotatable bonds is 5. The molecule has 0 heterocycles. The smallest absolute Gasteiger partial charge is 0.00697 e. The molecule has 1 unspecified atom stereocenters. The normalized spacial score (nSPS) is 24.8. The van der Waals surface area contributed by atoms with Gasteiger partial charge in [0.1, 0.15) is 0 Å². The Labute approximate surface area is 131 Å². The van der Waals surface area contributed by atoms with Gasteiger partial charge in [0.15, 0.2) is 0 Å². The minimum Gasteiger partial charge on any atom is -0.311 e. The third-order valence-corrected chi connectivity index (χ3v) is 5.18. The quantitative estimate of drug-likeness (QED) is 0.784. The summed E-state index contributed by atoms with van der Waals surface area (Å²) < 4.78 is 0. The third-order valence-electron chi connectivity index (χ3n) is 5.18. The van der Waals surface area contributed by atoms with Crippen molar-refractivity contribution >= 4 is 0 Å². The SMILES string of the molecule is CC(CCc1ccccc1)NC1CCC(C(C)(C)C)CC1. The lowest BCUT2D eigenvalue weighted by molar-refractivity contribution is 0.156. The number of benzene rings is 1. The van der Waals surface area contributed by atoms with Crippen molar-refractivity contribution in [1.82, 2.24) is 5.32 Å². The van der Waals surface area contributed by atoms with Gasteiger partial charge in [0, 0.05) is 12.1 Å². The summed E-state index contributed by atoms with van der Waals surface area (Å²) in [7, 11) is 0. The van der Waals surface area contributed by atoms with Gasteiger partial charge in [-0.15, -0.1) is 0 Å². The molecule has 0 spiro atoms. The first-order valence-corrected chi connectivity index (χ1v) is 8.75. The second kappa shape index (κ2) is 7.45. The van der Waals surface area contributed by atoms with Crippen molar-refractivity contribution in [2.45, 2.75) is 78.3 Å². The van der Waals surface area contributed by atoms with Gasteiger partial charge < -0.3 is 5.32 Å². The summed E-state index contributed by atoms with van der Waals surface area (Å²) in [5, 5.41) is 3.86. The van der Waals surface area contributed by atoms with Crippen LogP contribution >= 0.6 is 0 Å². The van der Waals surface area contributed by atoms with Crippen LogP contribution in [0, 0.1) is 11.3 Å². The van der Waals surface area contributed by atoms with Crippen LogP contribution in [0.3, 0.4) is 0 Å². The van der Waals surface area contributed by atoms with Crippen molar-refractivity contribution < 1.29 is 0 Å². The zero-order chi connectivity index (χ0) is 15.3.